The molecule has 0 radical (unpaired) electrons. The van der Waals surface area contributed by atoms with E-state index in [1.807, 2.05) is 47.2 Å². The van der Waals surface area contributed by atoms with Crippen LogP contribution in [0.3, 0.4) is 0 Å². The minimum absolute atomic E-state index is 0.00305. The lowest BCUT2D eigenvalue weighted by molar-refractivity contribution is 0.0889. The molecule has 0 bridgehead atoms. The number of methoxy groups -OCH3 is 1. The van der Waals surface area contributed by atoms with Gasteiger partial charge in [-0.05, 0) is 18.6 Å². The number of rotatable bonds is 6. The summed E-state index contributed by atoms with van der Waals surface area (Å²) in [5.74, 6) is -0.120. The van der Waals surface area contributed by atoms with Crippen LogP contribution in [0.25, 0.3) is 16.2 Å². The molecule has 1 amide bonds. The molecular formula is C17H18ClN3O2S. The van der Waals surface area contributed by atoms with Gasteiger partial charge in [0.05, 0.1) is 18.3 Å². The van der Waals surface area contributed by atoms with Crippen molar-refractivity contribution in [3.8, 4) is 11.3 Å². The van der Waals surface area contributed by atoms with Crippen molar-refractivity contribution in [1.82, 2.24) is 14.7 Å². The number of hydrogen-bond donors (Lipinski definition) is 1. The lowest BCUT2D eigenvalue weighted by Crippen LogP contribution is -2.37. The predicted octanol–water partition coefficient (Wildman–Crippen LogP) is 3.87. The third-order valence-electron chi connectivity index (χ3n) is 3.78. The molecule has 3 aromatic rings. The molecule has 0 spiro atoms. The van der Waals surface area contributed by atoms with Crippen LogP contribution >= 0.6 is 22.9 Å². The number of carbonyl (C=O) groups is 1. The van der Waals surface area contributed by atoms with E-state index in [0.29, 0.717) is 17.3 Å². The monoisotopic (exact) mass is 363 g/mol. The Hall–Kier alpha value is -1.89. The number of imidazole rings is 1. The first-order chi connectivity index (χ1) is 11.6. The molecule has 0 aliphatic heterocycles. The van der Waals surface area contributed by atoms with Gasteiger partial charge in [-0.25, -0.2) is 4.98 Å². The Morgan fingerprint density at radius 1 is 1.42 bits per heavy atom. The Labute approximate surface area is 149 Å². The molecule has 1 aromatic carbocycles. The number of benzene rings is 1. The number of aromatic nitrogens is 2. The summed E-state index contributed by atoms with van der Waals surface area (Å²) in [6, 6.07) is 7.49. The molecule has 0 saturated heterocycles. The fraction of sp³-hybridized carbons (Fsp3) is 0.294. The Bertz CT molecular complexity index is 841. The van der Waals surface area contributed by atoms with E-state index < -0.39 is 0 Å². The number of thiazole rings is 1. The SMILES string of the molecule is CCC(COC)NC(=O)c1csc2nc(-c3ccc(Cl)cc3)cn12. The molecule has 0 fully saturated rings. The van der Waals surface area contributed by atoms with Crippen LogP contribution in [-0.4, -0.2) is 35.1 Å². The first-order valence-electron chi connectivity index (χ1n) is 7.64. The minimum atomic E-state index is -0.120. The third kappa shape index (κ3) is 3.45. The van der Waals surface area contributed by atoms with Crippen molar-refractivity contribution in [2.45, 2.75) is 19.4 Å². The van der Waals surface area contributed by atoms with E-state index in [1.165, 1.54) is 11.3 Å². The Kier molecular flexibility index (Phi) is 5.18. The first kappa shape index (κ1) is 17.0. The van der Waals surface area contributed by atoms with Gasteiger partial charge in [-0.1, -0.05) is 30.7 Å². The van der Waals surface area contributed by atoms with Crippen molar-refractivity contribution in [3.63, 3.8) is 0 Å². The van der Waals surface area contributed by atoms with Crippen LogP contribution in [0.1, 0.15) is 23.8 Å². The molecule has 0 aliphatic rings. The highest BCUT2D eigenvalue weighted by molar-refractivity contribution is 7.15. The number of nitrogens with one attached hydrogen (secondary N) is 1. The van der Waals surface area contributed by atoms with Gasteiger partial charge in [0.1, 0.15) is 5.69 Å². The summed E-state index contributed by atoms with van der Waals surface area (Å²) >= 11 is 7.37. The van der Waals surface area contributed by atoms with Gasteiger partial charge in [-0.2, -0.15) is 0 Å². The second-order valence-corrected chi connectivity index (χ2v) is 6.71. The predicted molar refractivity (Wildman–Crippen MR) is 96.9 cm³/mol. The summed E-state index contributed by atoms with van der Waals surface area (Å²) in [4.78, 5) is 17.9. The maximum absolute atomic E-state index is 12.5. The van der Waals surface area contributed by atoms with Gasteiger partial charge in [-0.3, -0.25) is 9.20 Å². The standard InChI is InChI=1S/C17H18ClN3O2S/c1-3-13(9-23-2)19-16(22)15-10-24-17-20-14(8-21(15)17)11-4-6-12(18)7-5-11/h4-8,10,13H,3,9H2,1-2H3,(H,19,22). The van der Waals surface area contributed by atoms with E-state index in [4.69, 9.17) is 16.3 Å². The number of halogens is 1. The summed E-state index contributed by atoms with van der Waals surface area (Å²) in [5.41, 5.74) is 2.36. The molecular weight excluding hydrogens is 346 g/mol. The number of fused-ring (bicyclic) bond motifs is 1. The zero-order chi connectivity index (χ0) is 17.1. The topological polar surface area (TPSA) is 55.6 Å². The van der Waals surface area contributed by atoms with E-state index in [0.717, 1.165) is 22.6 Å². The molecule has 7 heteroatoms. The summed E-state index contributed by atoms with van der Waals surface area (Å²) in [5, 5.41) is 5.50. The maximum atomic E-state index is 12.5. The highest BCUT2D eigenvalue weighted by atomic mass is 35.5. The normalized spacial score (nSPS) is 12.5. The molecule has 24 heavy (non-hydrogen) atoms. The van der Waals surface area contributed by atoms with Gasteiger partial charge < -0.3 is 10.1 Å². The second kappa shape index (κ2) is 7.34. The quantitative estimate of drug-likeness (QED) is 0.723. The molecule has 3 rings (SSSR count). The number of ether oxygens (including phenoxy) is 1. The molecule has 1 unspecified atom stereocenters. The average molecular weight is 364 g/mol. The molecule has 5 nitrogen and oxygen atoms in total. The molecule has 1 N–H and O–H groups in total. The van der Waals surface area contributed by atoms with E-state index in [1.54, 1.807) is 7.11 Å². The molecule has 1 atom stereocenters. The highest BCUT2D eigenvalue weighted by Crippen LogP contribution is 2.25. The Morgan fingerprint density at radius 2 is 2.17 bits per heavy atom. The van der Waals surface area contributed by atoms with Gasteiger partial charge in [0.2, 0.25) is 0 Å². The van der Waals surface area contributed by atoms with Crippen LogP contribution in [0, 0.1) is 0 Å². The number of carbonyl (C=O) groups excluding carboxylic acids is 1. The summed E-state index contributed by atoms with van der Waals surface area (Å²) in [7, 11) is 1.63. The number of hydrogen-bond acceptors (Lipinski definition) is 4. The van der Waals surface area contributed by atoms with Crippen molar-refractivity contribution in [3.05, 3.63) is 46.6 Å². The van der Waals surface area contributed by atoms with E-state index >= 15 is 0 Å². The fourth-order valence-corrected chi connectivity index (χ4v) is 3.41. The zero-order valence-corrected chi connectivity index (χ0v) is 15.0. The van der Waals surface area contributed by atoms with Crippen molar-refractivity contribution in [2.24, 2.45) is 0 Å². The van der Waals surface area contributed by atoms with E-state index in [-0.39, 0.29) is 11.9 Å². The Morgan fingerprint density at radius 3 is 2.83 bits per heavy atom. The number of amides is 1. The fourth-order valence-electron chi connectivity index (χ4n) is 2.43. The lowest BCUT2D eigenvalue weighted by atomic mass is 10.2. The lowest BCUT2D eigenvalue weighted by Gasteiger charge is -2.15. The van der Waals surface area contributed by atoms with Gasteiger partial charge in [0.25, 0.3) is 5.91 Å². The molecule has 0 aliphatic carbocycles. The van der Waals surface area contributed by atoms with Crippen molar-refractivity contribution >= 4 is 33.8 Å². The van der Waals surface area contributed by atoms with Crippen LogP contribution in [0.2, 0.25) is 5.02 Å². The second-order valence-electron chi connectivity index (χ2n) is 5.44. The molecule has 0 saturated carbocycles. The van der Waals surface area contributed by atoms with Crippen LogP contribution < -0.4 is 5.32 Å². The highest BCUT2D eigenvalue weighted by Gasteiger charge is 2.17. The van der Waals surface area contributed by atoms with Crippen LogP contribution in [0.5, 0.6) is 0 Å². The summed E-state index contributed by atoms with van der Waals surface area (Å²) in [6.45, 7) is 2.51. The number of nitrogens with zero attached hydrogens (tertiary/aromatic N) is 2. The summed E-state index contributed by atoms with van der Waals surface area (Å²) in [6.07, 6.45) is 2.69. The third-order valence-corrected chi connectivity index (χ3v) is 4.87. The Balaban J connectivity index is 1.87. The molecule has 126 valence electrons. The maximum Gasteiger partial charge on any atom is 0.269 e. The summed E-state index contributed by atoms with van der Waals surface area (Å²) < 4.78 is 6.95. The van der Waals surface area contributed by atoms with Crippen LogP contribution in [0.15, 0.2) is 35.8 Å². The van der Waals surface area contributed by atoms with Crippen molar-refractivity contribution in [2.75, 3.05) is 13.7 Å². The van der Waals surface area contributed by atoms with Gasteiger partial charge in [-0.15, -0.1) is 11.3 Å². The largest absolute Gasteiger partial charge is 0.383 e. The van der Waals surface area contributed by atoms with E-state index in [2.05, 4.69) is 10.3 Å². The van der Waals surface area contributed by atoms with E-state index in [9.17, 15) is 4.79 Å². The average Bonchev–Trinajstić information content (AvgIpc) is 3.15. The van der Waals surface area contributed by atoms with Gasteiger partial charge in [0, 0.05) is 29.3 Å². The minimum Gasteiger partial charge on any atom is -0.383 e. The van der Waals surface area contributed by atoms with Gasteiger partial charge >= 0.3 is 0 Å². The first-order valence-corrected chi connectivity index (χ1v) is 8.90. The van der Waals surface area contributed by atoms with Crippen LogP contribution in [-0.2, 0) is 4.74 Å². The van der Waals surface area contributed by atoms with Gasteiger partial charge in [0.15, 0.2) is 4.96 Å². The molecule has 2 aromatic heterocycles. The van der Waals surface area contributed by atoms with Crippen molar-refractivity contribution < 1.29 is 9.53 Å². The zero-order valence-electron chi connectivity index (χ0n) is 13.5. The smallest absolute Gasteiger partial charge is 0.269 e. The van der Waals surface area contributed by atoms with Crippen LogP contribution in [0.4, 0.5) is 0 Å². The van der Waals surface area contributed by atoms with Crippen molar-refractivity contribution in [1.29, 1.82) is 0 Å². The molecule has 2 heterocycles.